The van der Waals surface area contributed by atoms with Gasteiger partial charge in [-0.15, -0.1) is 0 Å². The molecular formula is C15H15FO2. The molecule has 0 aliphatic carbocycles. The van der Waals surface area contributed by atoms with E-state index in [2.05, 4.69) is 0 Å². The monoisotopic (exact) mass is 246 g/mol. The molecule has 0 fully saturated rings. The number of halogens is 1. The van der Waals surface area contributed by atoms with Gasteiger partial charge in [-0.3, -0.25) is 0 Å². The van der Waals surface area contributed by atoms with Crippen LogP contribution in [0.2, 0.25) is 0 Å². The molecule has 1 atom stereocenters. The van der Waals surface area contributed by atoms with Gasteiger partial charge in [-0.2, -0.15) is 0 Å². The maximum Gasteiger partial charge on any atom is 0.123 e. The van der Waals surface area contributed by atoms with Crippen LogP contribution >= 0.6 is 0 Å². The summed E-state index contributed by atoms with van der Waals surface area (Å²) in [7, 11) is 0. The van der Waals surface area contributed by atoms with Crippen LogP contribution in [0, 0.1) is 5.82 Å². The van der Waals surface area contributed by atoms with Crippen LogP contribution < -0.4 is 0 Å². The lowest BCUT2D eigenvalue weighted by molar-refractivity contribution is 0.0276. The van der Waals surface area contributed by atoms with Gasteiger partial charge in [0.1, 0.15) is 11.9 Å². The lowest BCUT2D eigenvalue weighted by Crippen LogP contribution is -2.07. The van der Waals surface area contributed by atoms with Gasteiger partial charge in [-0.25, -0.2) is 4.39 Å². The van der Waals surface area contributed by atoms with Crippen LogP contribution in [-0.2, 0) is 11.3 Å². The van der Waals surface area contributed by atoms with Crippen molar-refractivity contribution in [3.05, 3.63) is 71.5 Å². The average Bonchev–Trinajstić information content (AvgIpc) is 2.40. The molecule has 0 saturated carbocycles. The molecule has 1 unspecified atom stereocenters. The standard InChI is InChI=1S/C15H15FO2/c16-14-8-4-7-13(9-14)15(17)11-18-10-12-5-2-1-3-6-12/h1-9,15,17H,10-11H2. The van der Waals surface area contributed by atoms with E-state index in [9.17, 15) is 9.50 Å². The first-order valence-corrected chi connectivity index (χ1v) is 5.81. The van der Waals surface area contributed by atoms with Crippen LogP contribution in [0.15, 0.2) is 54.6 Å². The second-order valence-corrected chi connectivity index (χ2v) is 4.07. The molecule has 0 amide bonds. The molecule has 1 N–H and O–H groups in total. The lowest BCUT2D eigenvalue weighted by Gasteiger charge is -2.11. The summed E-state index contributed by atoms with van der Waals surface area (Å²) < 4.78 is 18.4. The fraction of sp³-hybridized carbons (Fsp3) is 0.200. The van der Waals surface area contributed by atoms with Crippen LogP contribution in [-0.4, -0.2) is 11.7 Å². The van der Waals surface area contributed by atoms with E-state index in [1.165, 1.54) is 12.1 Å². The number of aliphatic hydroxyl groups excluding tert-OH is 1. The zero-order valence-electron chi connectivity index (χ0n) is 9.92. The smallest absolute Gasteiger partial charge is 0.123 e. The quantitative estimate of drug-likeness (QED) is 0.878. The highest BCUT2D eigenvalue weighted by molar-refractivity contribution is 5.18. The molecule has 2 aromatic carbocycles. The Morgan fingerprint density at radius 2 is 1.83 bits per heavy atom. The summed E-state index contributed by atoms with van der Waals surface area (Å²) in [6.45, 7) is 0.589. The largest absolute Gasteiger partial charge is 0.386 e. The molecule has 2 aromatic rings. The van der Waals surface area contributed by atoms with Crippen molar-refractivity contribution >= 4 is 0 Å². The van der Waals surface area contributed by atoms with Crippen molar-refractivity contribution in [3.8, 4) is 0 Å². The first-order chi connectivity index (χ1) is 8.75. The molecule has 2 nitrogen and oxygen atoms in total. The van der Waals surface area contributed by atoms with Crippen molar-refractivity contribution in [1.82, 2.24) is 0 Å². The third kappa shape index (κ3) is 3.65. The van der Waals surface area contributed by atoms with Gasteiger partial charge in [0.15, 0.2) is 0 Å². The Bertz CT molecular complexity index is 485. The van der Waals surface area contributed by atoms with Crippen LogP contribution in [0.4, 0.5) is 4.39 Å². The SMILES string of the molecule is OC(COCc1ccccc1)c1cccc(F)c1. The molecule has 3 heteroatoms. The number of hydrogen-bond donors (Lipinski definition) is 1. The molecule has 0 aliphatic rings. The van der Waals surface area contributed by atoms with Crippen molar-refractivity contribution in [3.63, 3.8) is 0 Å². The van der Waals surface area contributed by atoms with E-state index >= 15 is 0 Å². The van der Waals surface area contributed by atoms with Crippen LogP contribution in [0.1, 0.15) is 17.2 Å². The Balaban J connectivity index is 1.83. The molecule has 0 bridgehead atoms. The Hall–Kier alpha value is -1.71. The topological polar surface area (TPSA) is 29.5 Å². The Morgan fingerprint density at radius 3 is 2.56 bits per heavy atom. The zero-order chi connectivity index (χ0) is 12.8. The van der Waals surface area contributed by atoms with Gasteiger partial charge in [0.2, 0.25) is 0 Å². The number of rotatable bonds is 5. The van der Waals surface area contributed by atoms with Crippen molar-refractivity contribution in [2.75, 3.05) is 6.61 Å². The summed E-state index contributed by atoms with van der Waals surface area (Å²) in [4.78, 5) is 0. The summed E-state index contributed by atoms with van der Waals surface area (Å²) in [6, 6.07) is 15.6. The van der Waals surface area contributed by atoms with Crippen LogP contribution in [0.3, 0.4) is 0 Å². The summed E-state index contributed by atoms with van der Waals surface area (Å²) >= 11 is 0. The van der Waals surface area contributed by atoms with E-state index in [4.69, 9.17) is 4.74 Å². The second-order valence-electron chi connectivity index (χ2n) is 4.07. The normalized spacial score (nSPS) is 12.3. The maximum absolute atomic E-state index is 13.0. The molecule has 0 aliphatic heterocycles. The third-order valence-corrected chi connectivity index (χ3v) is 2.62. The summed E-state index contributed by atoms with van der Waals surface area (Å²) in [5.41, 5.74) is 1.58. The molecule has 0 saturated heterocycles. The molecule has 2 rings (SSSR count). The first-order valence-electron chi connectivity index (χ1n) is 5.81. The average molecular weight is 246 g/mol. The van der Waals surface area contributed by atoms with Gasteiger partial charge in [0, 0.05) is 0 Å². The van der Waals surface area contributed by atoms with Crippen molar-refractivity contribution in [2.24, 2.45) is 0 Å². The molecule has 0 radical (unpaired) electrons. The van der Waals surface area contributed by atoms with Crippen LogP contribution in [0.25, 0.3) is 0 Å². The molecule has 94 valence electrons. The summed E-state index contributed by atoms with van der Waals surface area (Å²) in [6.07, 6.45) is -0.801. The van der Waals surface area contributed by atoms with E-state index in [1.807, 2.05) is 30.3 Å². The Labute approximate surface area is 106 Å². The van der Waals surface area contributed by atoms with E-state index in [0.717, 1.165) is 5.56 Å². The second kappa shape index (κ2) is 6.28. The van der Waals surface area contributed by atoms with Crippen molar-refractivity contribution in [1.29, 1.82) is 0 Å². The van der Waals surface area contributed by atoms with Crippen LogP contribution in [0.5, 0.6) is 0 Å². The predicted octanol–water partition coefficient (Wildman–Crippen LogP) is 3.08. The number of aliphatic hydroxyl groups is 1. The van der Waals surface area contributed by atoms with Crippen molar-refractivity contribution in [2.45, 2.75) is 12.7 Å². The summed E-state index contributed by atoms with van der Waals surface area (Å²) in [5, 5.41) is 9.83. The molecule has 0 aromatic heterocycles. The van der Waals surface area contributed by atoms with Gasteiger partial charge in [-0.05, 0) is 23.3 Å². The van der Waals surface area contributed by atoms with E-state index < -0.39 is 6.10 Å². The zero-order valence-corrected chi connectivity index (χ0v) is 9.92. The minimum absolute atomic E-state index is 0.151. The highest BCUT2D eigenvalue weighted by Gasteiger charge is 2.08. The molecule has 18 heavy (non-hydrogen) atoms. The van der Waals surface area contributed by atoms with Crippen molar-refractivity contribution < 1.29 is 14.2 Å². The van der Waals surface area contributed by atoms with Gasteiger partial charge in [-0.1, -0.05) is 42.5 Å². The van der Waals surface area contributed by atoms with Gasteiger partial charge in [0.25, 0.3) is 0 Å². The molecule has 0 heterocycles. The van der Waals surface area contributed by atoms with Gasteiger partial charge >= 0.3 is 0 Å². The number of ether oxygens (including phenoxy) is 1. The van der Waals surface area contributed by atoms with E-state index in [0.29, 0.717) is 12.2 Å². The maximum atomic E-state index is 13.0. The fourth-order valence-electron chi connectivity index (χ4n) is 1.67. The molecule has 0 spiro atoms. The van der Waals surface area contributed by atoms with E-state index in [1.54, 1.807) is 12.1 Å². The first kappa shape index (κ1) is 12.7. The highest BCUT2D eigenvalue weighted by atomic mass is 19.1. The highest BCUT2D eigenvalue weighted by Crippen LogP contribution is 2.15. The fourth-order valence-corrected chi connectivity index (χ4v) is 1.67. The minimum atomic E-state index is -0.801. The molecular weight excluding hydrogens is 231 g/mol. The van der Waals surface area contributed by atoms with Gasteiger partial charge < -0.3 is 9.84 Å². The van der Waals surface area contributed by atoms with Gasteiger partial charge in [0.05, 0.1) is 13.2 Å². The third-order valence-electron chi connectivity index (χ3n) is 2.62. The lowest BCUT2D eigenvalue weighted by atomic mass is 10.1. The number of hydrogen-bond acceptors (Lipinski definition) is 2. The minimum Gasteiger partial charge on any atom is -0.386 e. The number of benzene rings is 2. The Kier molecular flexibility index (Phi) is 4.45. The summed E-state index contributed by atoms with van der Waals surface area (Å²) in [5.74, 6) is -0.352. The Morgan fingerprint density at radius 1 is 1.06 bits per heavy atom. The predicted molar refractivity (Wildman–Crippen MR) is 67.5 cm³/mol. The van der Waals surface area contributed by atoms with E-state index in [-0.39, 0.29) is 12.4 Å².